The number of anilines is 2. The molecule has 0 aromatic heterocycles. The van der Waals surface area contributed by atoms with Crippen molar-refractivity contribution in [2.75, 3.05) is 37.8 Å². The number of amides is 1. The summed E-state index contributed by atoms with van der Waals surface area (Å²) in [5.74, 6) is 0.0553. The van der Waals surface area contributed by atoms with E-state index in [0.717, 1.165) is 18.7 Å². The van der Waals surface area contributed by atoms with Crippen molar-refractivity contribution in [2.24, 2.45) is 0 Å². The van der Waals surface area contributed by atoms with Gasteiger partial charge in [-0.1, -0.05) is 11.6 Å². The highest BCUT2D eigenvalue weighted by molar-refractivity contribution is 6.00. The quantitative estimate of drug-likeness (QED) is 0.654. The molecule has 1 aliphatic rings. The molecule has 0 fully saturated rings. The lowest BCUT2D eigenvalue weighted by Gasteiger charge is -2.27. The molecule has 1 aromatic rings. The average Bonchev–Trinajstić information content (AvgIpc) is 2.38. The zero-order valence-electron chi connectivity index (χ0n) is 11.8. The largest absolute Gasteiger partial charge is 0.399 e. The van der Waals surface area contributed by atoms with Gasteiger partial charge in [0.15, 0.2) is 0 Å². The van der Waals surface area contributed by atoms with E-state index in [1.165, 1.54) is 5.57 Å². The third-order valence-electron chi connectivity index (χ3n) is 3.46. The lowest BCUT2D eigenvalue weighted by atomic mass is 10.1. The maximum absolute atomic E-state index is 12.6. The Labute approximate surface area is 114 Å². The standard InChI is InChI=1S/C15H21N3O/c1-11-6-8-18(9-7-11)15(19)13-10-12(16)4-5-14(13)17(2)3/h4-6,10H,7-9,16H2,1-3H3. The van der Waals surface area contributed by atoms with Gasteiger partial charge in [-0.05, 0) is 31.5 Å². The van der Waals surface area contributed by atoms with E-state index in [4.69, 9.17) is 5.73 Å². The van der Waals surface area contributed by atoms with Gasteiger partial charge in [-0.3, -0.25) is 4.79 Å². The van der Waals surface area contributed by atoms with Crippen LogP contribution >= 0.6 is 0 Å². The molecular formula is C15H21N3O. The molecule has 102 valence electrons. The van der Waals surface area contributed by atoms with Crippen molar-refractivity contribution in [3.05, 3.63) is 35.4 Å². The van der Waals surface area contributed by atoms with E-state index < -0.39 is 0 Å². The van der Waals surface area contributed by atoms with Crippen LogP contribution in [0.25, 0.3) is 0 Å². The molecular weight excluding hydrogens is 238 g/mol. The Hall–Kier alpha value is -1.97. The van der Waals surface area contributed by atoms with E-state index in [2.05, 4.69) is 13.0 Å². The van der Waals surface area contributed by atoms with E-state index in [9.17, 15) is 4.79 Å². The van der Waals surface area contributed by atoms with Crippen molar-refractivity contribution in [1.82, 2.24) is 4.90 Å². The molecule has 1 aromatic carbocycles. The van der Waals surface area contributed by atoms with Gasteiger partial charge < -0.3 is 15.5 Å². The van der Waals surface area contributed by atoms with Crippen molar-refractivity contribution >= 4 is 17.3 Å². The van der Waals surface area contributed by atoms with Crippen LogP contribution in [-0.2, 0) is 0 Å². The van der Waals surface area contributed by atoms with E-state index >= 15 is 0 Å². The predicted molar refractivity (Wildman–Crippen MR) is 79.5 cm³/mol. The van der Waals surface area contributed by atoms with Crippen LogP contribution in [0.1, 0.15) is 23.7 Å². The molecule has 0 saturated carbocycles. The Kier molecular flexibility index (Phi) is 3.79. The first-order valence-electron chi connectivity index (χ1n) is 6.51. The summed E-state index contributed by atoms with van der Waals surface area (Å²) in [6.45, 7) is 3.57. The maximum Gasteiger partial charge on any atom is 0.256 e. The number of carbonyl (C=O) groups excluding carboxylic acids is 1. The van der Waals surface area contributed by atoms with Crippen LogP contribution in [0.3, 0.4) is 0 Å². The van der Waals surface area contributed by atoms with Crippen LogP contribution in [0.4, 0.5) is 11.4 Å². The van der Waals surface area contributed by atoms with Crippen molar-refractivity contribution in [3.63, 3.8) is 0 Å². The summed E-state index contributed by atoms with van der Waals surface area (Å²) in [7, 11) is 3.87. The van der Waals surface area contributed by atoms with Gasteiger partial charge in [0, 0.05) is 38.6 Å². The number of nitrogens with zero attached hydrogens (tertiary/aromatic N) is 2. The molecule has 0 aliphatic carbocycles. The Balaban J connectivity index is 2.30. The van der Waals surface area contributed by atoms with Crippen molar-refractivity contribution in [3.8, 4) is 0 Å². The van der Waals surface area contributed by atoms with Crippen LogP contribution in [0, 0.1) is 0 Å². The molecule has 2 N–H and O–H groups in total. The van der Waals surface area contributed by atoms with Gasteiger partial charge in [0.1, 0.15) is 0 Å². The summed E-state index contributed by atoms with van der Waals surface area (Å²) in [4.78, 5) is 16.4. The summed E-state index contributed by atoms with van der Waals surface area (Å²) in [5.41, 5.74) is 9.38. The molecule has 1 aliphatic heterocycles. The smallest absolute Gasteiger partial charge is 0.256 e. The van der Waals surface area contributed by atoms with Crippen LogP contribution in [0.2, 0.25) is 0 Å². The summed E-state index contributed by atoms with van der Waals surface area (Å²) in [6.07, 6.45) is 3.06. The molecule has 4 heteroatoms. The summed E-state index contributed by atoms with van der Waals surface area (Å²) in [6, 6.07) is 5.49. The number of rotatable bonds is 2. The fourth-order valence-electron chi connectivity index (χ4n) is 2.24. The molecule has 19 heavy (non-hydrogen) atoms. The average molecular weight is 259 g/mol. The highest BCUT2D eigenvalue weighted by Crippen LogP contribution is 2.24. The van der Waals surface area contributed by atoms with Gasteiger partial charge >= 0.3 is 0 Å². The van der Waals surface area contributed by atoms with Crippen LogP contribution < -0.4 is 10.6 Å². The number of hydrogen-bond acceptors (Lipinski definition) is 3. The van der Waals surface area contributed by atoms with E-state index in [-0.39, 0.29) is 5.91 Å². The Morgan fingerprint density at radius 2 is 2.11 bits per heavy atom. The fourth-order valence-corrected chi connectivity index (χ4v) is 2.24. The van der Waals surface area contributed by atoms with Crippen LogP contribution in [-0.4, -0.2) is 38.0 Å². The summed E-state index contributed by atoms with van der Waals surface area (Å²) in [5, 5.41) is 0. The lowest BCUT2D eigenvalue weighted by Crippen LogP contribution is -2.35. The number of hydrogen-bond donors (Lipinski definition) is 1. The molecule has 1 heterocycles. The minimum Gasteiger partial charge on any atom is -0.399 e. The van der Waals surface area contributed by atoms with Gasteiger partial charge in [0.25, 0.3) is 5.91 Å². The van der Waals surface area contributed by atoms with Gasteiger partial charge in [-0.2, -0.15) is 0 Å². The molecule has 1 amide bonds. The zero-order chi connectivity index (χ0) is 14.0. The van der Waals surface area contributed by atoms with Crippen molar-refractivity contribution < 1.29 is 4.79 Å². The van der Waals surface area contributed by atoms with Gasteiger partial charge in [0.05, 0.1) is 5.56 Å². The third-order valence-corrected chi connectivity index (χ3v) is 3.46. The first kappa shape index (κ1) is 13.5. The first-order chi connectivity index (χ1) is 8.99. The summed E-state index contributed by atoms with van der Waals surface area (Å²) < 4.78 is 0. The van der Waals surface area contributed by atoms with Gasteiger partial charge in [-0.25, -0.2) is 0 Å². The molecule has 0 radical (unpaired) electrons. The predicted octanol–water partition coefficient (Wildman–Crippen LogP) is 2.13. The highest BCUT2D eigenvalue weighted by Gasteiger charge is 2.21. The van der Waals surface area contributed by atoms with Crippen LogP contribution in [0.5, 0.6) is 0 Å². The fraction of sp³-hybridized carbons (Fsp3) is 0.400. The number of benzene rings is 1. The topological polar surface area (TPSA) is 49.6 Å². The zero-order valence-corrected chi connectivity index (χ0v) is 11.8. The van der Waals surface area contributed by atoms with Gasteiger partial charge in [-0.15, -0.1) is 0 Å². The molecule has 0 bridgehead atoms. The SMILES string of the molecule is CC1=CCN(C(=O)c2cc(N)ccc2N(C)C)CC1. The maximum atomic E-state index is 12.6. The minimum atomic E-state index is 0.0553. The Morgan fingerprint density at radius 1 is 1.37 bits per heavy atom. The van der Waals surface area contributed by atoms with Crippen LogP contribution in [0.15, 0.2) is 29.8 Å². The van der Waals surface area contributed by atoms with E-state index in [1.807, 2.05) is 36.0 Å². The Morgan fingerprint density at radius 3 is 2.68 bits per heavy atom. The second-order valence-electron chi connectivity index (χ2n) is 5.22. The van der Waals surface area contributed by atoms with Gasteiger partial charge in [0.2, 0.25) is 0 Å². The normalized spacial score (nSPS) is 15.1. The second kappa shape index (κ2) is 5.34. The summed E-state index contributed by atoms with van der Waals surface area (Å²) >= 11 is 0. The highest BCUT2D eigenvalue weighted by atomic mass is 16.2. The molecule has 0 atom stereocenters. The molecule has 0 unspecified atom stereocenters. The number of nitrogen functional groups attached to an aromatic ring is 1. The molecule has 0 saturated heterocycles. The van der Waals surface area contributed by atoms with E-state index in [1.54, 1.807) is 6.07 Å². The monoisotopic (exact) mass is 259 g/mol. The molecule has 2 rings (SSSR count). The second-order valence-corrected chi connectivity index (χ2v) is 5.22. The third kappa shape index (κ3) is 2.89. The Bertz CT molecular complexity index is 520. The van der Waals surface area contributed by atoms with Crippen molar-refractivity contribution in [1.29, 1.82) is 0 Å². The van der Waals surface area contributed by atoms with Crippen molar-refractivity contribution in [2.45, 2.75) is 13.3 Å². The number of nitrogens with two attached hydrogens (primary N) is 1. The minimum absolute atomic E-state index is 0.0553. The molecule has 0 spiro atoms. The van der Waals surface area contributed by atoms with E-state index in [0.29, 0.717) is 17.8 Å². The molecule has 4 nitrogen and oxygen atoms in total. The number of carbonyl (C=O) groups is 1. The lowest BCUT2D eigenvalue weighted by molar-refractivity contribution is 0.0769. The first-order valence-corrected chi connectivity index (χ1v) is 6.51.